The third-order valence-electron chi connectivity index (χ3n) is 4.10. The van der Waals surface area contributed by atoms with Crippen molar-refractivity contribution in [3.05, 3.63) is 48.4 Å². The molecule has 1 aromatic heterocycles. The predicted molar refractivity (Wildman–Crippen MR) is 92.5 cm³/mol. The fourth-order valence-corrected chi connectivity index (χ4v) is 2.77. The van der Waals surface area contributed by atoms with E-state index < -0.39 is 0 Å². The summed E-state index contributed by atoms with van der Waals surface area (Å²) in [6.45, 7) is 1.76. The quantitative estimate of drug-likeness (QED) is 0.902. The molecule has 1 aliphatic heterocycles. The van der Waals surface area contributed by atoms with Crippen LogP contribution in [0.1, 0.15) is 18.4 Å². The van der Waals surface area contributed by atoms with E-state index >= 15 is 0 Å². The molecule has 1 N–H and O–H groups in total. The molecule has 1 aromatic carbocycles. The molecule has 0 aliphatic carbocycles. The number of hydrogen-bond donors (Lipinski definition) is 1. The summed E-state index contributed by atoms with van der Waals surface area (Å²) in [6, 6.07) is 7.56. The number of urea groups is 1. The minimum atomic E-state index is -0.0803. The molecule has 1 fully saturated rings. The number of ether oxygens (including phenoxy) is 2. The zero-order valence-corrected chi connectivity index (χ0v) is 14.2. The first-order valence-corrected chi connectivity index (χ1v) is 8.33. The fourth-order valence-electron chi connectivity index (χ4n) is 2.77. The second kappa shape index (κ2) is 8.32. The first-order chi connectivity index (χ1) is 12.2. The summed E-state index contributed by atoms with van der Waals surface area (Å²) in [6.07, 6.45) is 6.53. The molecule has 1 aliphatic rings. The SMILES string of the molecule is COc1ccc(CNC(=O)N2CCC[C@H](Oc3cnccn3)C2)cc1. The Balaban J connectivity index is 1.49. The van der Waals surface area contributed by atoms with Crippen molar-refractivity contribution >= 4 is 6.03 Å². The number of nitrogens with zero attached hydrogens (tertiary/aromatic N) is 3. The van der Waals surface area contributed by atoms with Gasteiger partial charge in [0.25, 0.3) is 0 Å². The van der Waals surface area contributed by atoms with Crippen LogP contribution < -0.4 is 14.8 Å². The smallest absolute Gasteiger partial charge is 0.317 e. The maximum absolute atomic E-state index is 12.4. The van der Waals surface area contributed by atoms with Gasteiger partial charge in [-0.15, -0.1) is 0 Å². The van der Waals surface area contributed by atoms with E-state index in [0.29, 0.717) is 19.0 Å². The summed E-state index contributed by atoms with van der Waals surface area (Å²) < 4.78 is 10.9. The van der Waals surface area contributed by atoms with Crippen LogP contribution in [-0.4, -0.2) is 47.2 Å². The number of aromatic nitrogens is 2. The zero-order chi connectivity index (χ0) is 17.5. The standard InChI is InChI=1S/C18H22N4O3/c1-24-15-6-4-14(5-7-15)11-21-18(23)22-10-2-3-16(13-22)25-17-12-19-8-9-20-17/h4-9,12,16H,2-3,10-11,13H2,1H3,(H,21,23)/t16-/m0/s1. The van der Waals surface area contributed by atoms with Crippen molar-refractivity contribution in [3.8, 4) is 11.6 Å². The van der Waals surface area contributed by atoms with Crippen molar-refractivity contribution in [2.75, 3.05) is 20.2 Å². The van der Waals surface area contributed by atoms with Crippen LogP contribution in [-0.2, 0) is 6.54 Å². The monoisotopic (exact) mass is 342 g/mol. The number of carbonyl (C=O) groups is 1. The van der Waals surface area contributed by atoms with E-state index in [0.717, 1.165) is 30.7 Å². The third kappa shape index (κ3) is 4.82. The summed E-state index contributed by atoms with van der Waals surface area (Å²) in [5.74, 6) is 1.29. The average molecular weight is 342 g/mol. The third-order valence-corrected chi connectivity index (χ3v) is 4.10. The van der Waals surface area contributed by atoms with Crippen molar-refractivity contribution in [2.45, 2.75) is 25.5 Å². The number of carbonyl (C=O) groups excluding carboxylic acids is 1. The molecule has 0 saturated carbocycles. The lowest BCUT2D eigenvalue weighted by Crippen LogP contribution is -2.48. The largest absolute Gasteiger partial charge is 0.497 e. The Morgan fingerprint density at radius 3 is 2.88 bits per heavy atom. The van der Waals surface area contributed by atoms with Gasteiger partial charge >= 0.3 is 6.03 Å². The van der Waals surface area contributed by atoms with Gasteiger partial charge in [-0.3, -0.25) is 4.98 Å². The van der Waals surface area contributed by atoms with E-state index in [9.17, 15) is 4.79 Å². The van der Waals surface area contributed by atoms with Crippen LogP contribution in [0.2, 0.25) is 0 Å². The molecule has 1 saturated heterocycles. The molecule has 1 atom stereocenters. The molecule has 7 nitrogen and oxygen atoms in total. The lowest BCUT2D eigenvalue weighted by Gasteiger charge is -2.32. The number of benzene rings is 1. The van der Waals surface area contributed by atoms with E-state index in [1.807, 2.05) is 24.3 Å². The highest BCUT2D eigenvalue weighted by molar-refractivity contribution is 5.74. The number of amides is 2. The molecule has 0 bridgehead atoms. The molecule has 7 heteroatoms. The Bertz CT molecular complexity index is 678. The second-order valence-corrected chi connectivity index (χ2v) is 5.88. The first-order valence-electron chi connectivity index (χ1n) is 8.33. The van der Waals surface area contributed by atoms with Gasteiger partial charge in [0.15, 0.2) is 0 Å². The summed E-state index contributed by atoms with van der Waals surface area (Å²) in [5.41, 5.74) is 1.03. The molecule has 2 aromatic rings. The van der Waals surface area contributed by atoms with E-state index in [1.165, 1.54) is 0 Å². The minimum Gasteiger partial charge on any atom is -0.497 e. The van der Waals surface area contributed by atoms with E-state index in [2.05, 4.69) is 15.3 Å². The highest BCUT2D eigenvalue weighted by atomic mass is 16.5. The van der Waals surface area contributed by atoms with Crippen molar-refractivity contribution in [2.24, 2.45) is 0 Å². The fraction of sp³-hybridized carbons (Fsp3) is 0.389. The number of nitrogens with one attached hydrogen (secondary N) is 1. The average Bonchev–Trinajstić information content (AvgIpc) is 2.67. The molecule has 3 rings (SSSR count). The van der Waals surface area contributed by atoms with Crippen molar-refractivity contribution in [1.29, 1.82) is 0 Å². The normalized spacial score (nSPS) is 17.0. The van der Waals surface area contributed by atoms with E-state index in [4.69, 9.17) is 9.47 Å². The Hall–Kier alpha value is -2.83. The van der Waals surface area contributed by atoms with Crippen molar-refractivity contribution < 1.29 is 14.3 Å². The number of likely N-dealkylation sites (tertiary alicyclic amines) is 1. The van der Waals surface area contributed by atoms with Gasteiger partial charge < -0.3 is 19.7 Å². The number of rotatable bonds is 5. The number of piperidine rings is 1. The van der Waals surface area contributed by atoms with Crippen molar-refractivity contribution in [3.63, 3.8) is 0 Å². The number of methoxy groups -OCH3 is 1. The van der Waals surface area contributed by atoms with Gasteiger partial charge in [0, 0.05) is 25.5 Å². The van der Waals surface area contributed by atoms with Crippen LogP contribution in [0.25, 0.3) is 0 Å². The molecular formula is C18H22N4O3. The van der Waals surface area contributed by atoms with Crippen molar-refractivity contribution in [1.82, 2.24) is 20.2 Å². The molecule has 2 heterocycles. The zero-order valence-electron chi connectivity index (χ0n) is 14.2. The summed E-state index contributed by atoms with van der Waals surface area (Å²) in [7, 11) is 1.63. The Labute approximate surface area is 147 Å². The molecule has 132 valence electrons. The predicted octanol–water partition coefficient (Wildman–Crippen LogP) is 2.24. The van der Waals surface area contributed by atoms with Gasteiger partial charge in [-0.2, -0.15) is 0 Å². The Morgan fingerprint density at radius 1 is 1.32 bits per heavy atom. The first kappa shape index (κ1) is 17.0. The molecular weight excluding hydrogens is 320 g/mol. The highest BCUT2D eigenvalue weighted by Gasteiger charge is 2.25. The second-order valence-electron chi connectivity index (χ2n) is 5.88. The number of hydrogen-bond acceptors (Lipinski definition) is 5. The lowest BCUT2D eigenvalue weighted by atomic mass is 10.1. The lowest BCUT2D eigenvalue weighted by molar-refractivity contribution is 0.0974. The van der Waals surface area contributed by atoms with E-state index in [-0.39, 0.29) is 12.1 Å². The van der Waals surface area contributed by atoms with Crippen LogP contribution in [0.15, 0.2) is 42.9 Å². The van der Waals surface area contributed by atoms with Crippen LogP contribution in [0, 0.1) is 0 Å². The van der Waals surface area contributed by atoms with Gasteiger partial charge in [-0.25, -0.2) is 9.78 Å². The van der Waals surface area contributed by atoms with Crippen LogP contribution >= 0.6 is 0 Å². The molecule has 0 spiro atoms. The molecule has 2 amide bonds. The summed E-state index contributed by atoms with van der Waals surface area (Å²) in [5, 5.41) is 2.95. The van der Waals surface area contributed by atoms with E-state index in [1.54, 1.807) is 30.6 Å². The Morgan fingerprint density at radius 2 is 2.16 bits per heavy atom. The van der Waals surface area contributed by atoms with Gasteiger partial charge in [-0.1, -0.05) is 12.1 Å². The van der Waals surface area contributed by atoms with Crippen LogP contribution in [0.4, 0.5) is 4.79 Å². The minimum absolute atomic E-state index is 0.0582. The molecule has 0 radical (unpaired) electrons. The summed E-state index contributed by atoms with van der Waals surface area (Å²) in [4.78, 5) is 22.3. The Kier molecular flexibility index (Phi) is 5.66. The van der Waals surface area contributed by atoms with Crippen LogP contribution in [0.5, 0.6) is 11.6 Å². The maximum Gasteiger partial charge on any atom is 0.317 e. The highest BCUT2D eigenvalue weighted by Crippen LogP contribution is 2.16. The van der Waals surface area contributed by atoms with Gasteiger partial charge in [-0.05, 0) is 30.5 Å². The summed E-state index contributed by atoms with van der Waals surface area (Å²) >= 11 is 0. The van der Waals surface area contributed by atoms with Gasteiger partial charge in [0.05, 0.1) is 19.9 Å². The van der Waals surface area contributed by atoms with Crippen LogP contribution in [0.3, 0.4) is 0 Å². The van der Waals surface area contributed by atoms with Gasteiger partial charge in [0.1, 0.15) is 11.9 Å². The topological polar surface area (TPSA) is 76.6 Å². The van der Waals surface area contributed by atoms with Gasteiger partial charge in [0.2, 0.25) is 5.88 Å². The molecule has 0 unspecified atom stereocenters. The maximum atomic E-state index is 12.4. The molecule has 25 heavy (non-hydrogen) atoms.